The van der Waals surface area contributed by atoms with E-state index in [9.17, 15) is 18.6 Å². The summed E-state index contributed by atoms with van der Waals surface area (Å²) >= 11 is 0. The van der Waals surface area contributed by atoms with Crippen LogP contribution in [0.2, 0.25) is 0 Å². The minimum atomic E-state index is -4.54. The molecule has 0 aromatic heterocycles. The van der Waals surface area contributed by atoms with E-state index in [0.29, 0.717) is 0 Å². The van der Waals surface area contributed by atoms with Crippen LogP contribution in [-0.4, -0.2) is 52.7 Å². The first-order valence-electron chi connectivity index (χ1n) is 4.32. The SMILES string of the molecule is O=S(=O)(O)c1c(O)ccc2c(O)cccc12.[NaH]. The van der Waals surface area contributed by atoms with E-state index >= 15 is 0 Å². The molecular weight excluding hydrogens is 255 g/mol. The van der Waals surface area contributed by atoms with E-state index in [1.807, 2.05) is 0 Å². The van der Waals surface area contributed by atoms with Crippen molar-refractivity contribution >= 4 is 50.4 Å². The van der Waals surface area contributed by atoms with Crippen LogP contribution in [0.25, 0.3) is 10.8 Å². The summed E-state index contributed by atoms with van der Waals surface area (Å²) in [7, 11) is -4.54. The Morgan fingerprint density at radius 2 is 1.53 bits per heavy atom. The third-order valence-corrected chi connectivity index (χ3v) is 3.17. The second-order valence-electron chi connectivity index (χ2n) is 3.26. The van der Waals surface area contributed by atoms with Gasteiger partial charge in [-0.05, 0) is 18.2 Å². The van der Waals surface area contributed by atoms with Crippen molar-refractivity contribution in [2.75, 3.05) is 0 Å². The molecule has 0 radical (unpaired) electrons. The van der Waals surface area contributed by atoms with Crippen LogP contribution in [-0.2, 0) is 10.1 Å². The normalized spacial score (nSPS) is 11.1. The van der Waals surface area contributed by atoms with Gasteiger partial charge in [-0.25, -0.2) is 0 Å². The molecule has 3 N–H and O–H groups in total. The molecule has 0 bridgehead atoms. The molecule has 0 aliphatic rings. The Bertz CT molecular complexity index is 666. The maximum absolute atomic E-state index is 11.1. The van der Waals surface area contributed by atoms with E-state index in [1.165, 1.54) is 24.3 Å². The van der Waals surface area contributed by atoms with Gasteiger partial charge in [0.2, 0.25) is 0 Å². The van der Waals surface area contributed by atoms with Gasteiger partial charge in [0.1, 0.15) is 16.4 Å². The Balaban J connectivity index is 0.00000144. The summed E-state index contributed by atoms with van der Waals surface area (Å²) in [4.78, 5) is -0.596. The summed E-state index contributed by atoms with van der Waals surface area (Å²) in [6.07, 6.45) is 0. The van der Waals surface area contributed by atoms with Crippen LogP contribution in [0.3, 0.4) is 0 Å². The quantitative estimate of drug-likeness (QED) is 0.524. The van der Waals surface area contributed by atoms with Gasteiger partial charge >= 0.3 is 29.6 Å². The fourth-order valence-electron chi connectivity index (χ4n) is 1.57. The molecule has 0 unspecified atom stereocenters. The molecule has 2 aromatic carbocycles. The Hall–Kier alpha value is -0.790. The van der Waals surface area contributed by atoms with Crippen LogP contribution in [0.5, 0.6) is 11.5 Å². The summed E-state index contributed by atoms with van der Waals surface area (Å²) in [5, 5.41) is 19.2. The van der Waals surface area contributed by atoms with Crippen LogP contribution in [0.4, 0.5) is 0 Å². The molecule has 86 valence electrons. The van der Waals surface area contributed by atoms with Crippen molar-refractivity contribution in [1.29, 1.82) is 0 Å². The Kier molecular flexibility index (Phi) is 4.06. The van der Waals surface area contributed by atoms with Gasteiger partial charge in [-0.3, -0.25) is 4.55 Å². The van der Waals surface area contributed by atoms with Crippen LogP contribution >= 0.6 is 0 Å². The number of fused-ring (bicyclic) bond motifs is 1. The van der Waals surface area contributed by atoms with E-state index < -0.39 is 20.8 Å². The van der Waals surface area contributed by atoms with E-state index in [4.69, 9.17) is 4.55 Å². The topological polar surface area (TPSA) is 94.8 Å². The third-order valence-electron chi connectivity index (χ3n) is 2.23. The maximum atomic E-state index is 11.1. The first-order chi connectivity index (χ1) is 7.41. The number of phenolic OH excluding ortho intramolecular Hbond substituents is 2. The molecule has 5 nitrogen and oxygen atoms in total. The monoisotopic (exact) mass is 264 g/mol. The first kappa shape index (κ1) is 14.3. The second kappa shape index (κ2) is 4.83. The fraction of sp³-hybridized carbons (Fsp3) is 0. The Morgan fingerprint density at radius 1 is 0.882 bits per heavy atom. The van der Waals surface area contributed by atoms with Crippen molar-refractivity contribution < 1.29 is 23.2 Å². The number of aromatic hydroxyl groups is 2. The van der Waals surface area contributed by atoms with Gasteiger partial charge in [-0.15, -0.1) is 0 Å². The van der Waals surface area contributed by atoms with Crippen molar-refractivity contribution in [2.45, 2.75) is 4.90 Å². The Labute approximate surface area is 120 Å². The van der Waals surface area contributed by atoms with E-state index in [1.54, 1.807) is 0 Å². The number of benzene rings is 2. The van der Waals surface area contributed by atoms with Gasteiger partial charge in [-0.2, -0.15) is 8.42 Å². The fourth-order valence-corrected chi connectivity index (χ4v) is 2.36. The molecule has 0 fully saturated rings. The zero-order chi connectivity index (χ0) is 11.9. The summed E-state index contributed by atoms with van der Waals surface area (Å²) in [5.41, 5.74) is 0. The summed E-state index contributed by atoms with van der Waals surface area (Å²) in [5.74, 6) is -0.678. The first-order valence-corrected chi connectivity index (χ1v) is 5.76. The molecule has 7 heteroatoms. The van der Waals surface area contributed by atoms with Crippen molar-refractivity contribution in [3.63, 3.8) is 0 Å². The molecule has 2 rings (SSSR count). The third kappa shape index (κ3) is 2.56. The summed E-state index contributed by atoms with van der Waals surface area (Å²) < 4.78 is 31.2. The number of hydrogen-bond acceptors (Lipinski definition) is 4. The number of phenols is 2. The molecule has 0 spiro atoms. The molecule has 0 aliphatic carbocycles. The zero-order valence-electron chi connectivity index (χ0n) is 7.95. The molecule has 0 saturated heterocycles. The van der Waals surface area contributed by atoms with Gasteiger partial charge in [0.05, 0.1) is 0 Å². The summed E-state index contributed by atoms with van der Waals surface area (Å²) in [6, 6.07) is 6.66. The predicted molar refractivity (Wildman–Crippen MR) is 64.2 cm³/mol. The van der Waals surface area contributed by atoms with Crippen LogP contribution < -0.4 is 0 Å². The van der Waals surface area contributed by atoms with Crippen molar-refractivity contribution in [2.24, 2.45) is 0 Å². The minimum absolute atomic E-state index is 0. The molecule has 0 atom stereocenters. The second-order valence-corrected chi connectivity index (χ2v) is 4.62. The average Bonchev–Trinajstić information content (AvgIpc) is 2.15. The molecule has 0 aliphatic heterocycles. The number of hydrogen-bond donors (Lipinski definition) is 3. The van der Waals surface area contributed by atoms with Gasteiger partial charge in [0, 0.05) is 10.8 Å². The number of rotatable bonds is 1. The average molecular weight is 264 g/mol. The van der Waals surface area contributed by atoms with Gasteiger partial charge in [-0.1, -0.05) is 12.1 Å². The molecular formula is C10H9NaO5S. The standard InChI is InChI=1S/C10H8O5S.Na.H/c11-8-3-1-2-7-6(8)4-5-9(12)10(7)16(13,14)15;;/h1-5,11-12H,(H,13,14,15);;. The van der Waals surface area contributed by atoms with Gasteiger partial charge < -0.3 is 10.2 Å². The molecule has 0 amide bonds. The van der Waals surface area contributed by atoms with Crippen molar-refractivity contribution in [1.82, 2.24) is 0 Å². The van der Waals surface area contributed by atoms with Gasteiger partial charge in [0.15, 0.2) is 0 Å². The van der Waals surface area contributed by atoms with Crippen molar-refractivity contribution in [3.8, 4) is 11.5 Å². The Morgan fingerprint density at radius 3 is 2.12 bits per heavy atom. The van der Waals surface area contributed by atoms with E-state index in [-0.39, 0.29) is 46.1 Å². The van der Waals surface area contributed by atoms with Crippen molar-refractivity contribution in [3.05, 3.63) is 30.3 Å². The van der Waals surface area contributed by atoms with Crippen LogP contribution in [0.1, 0.15) is 0 Å². The predicted octanol–water partition coefficient (Wildman–Crippen LogP) is 0.849. The van der Waals surface area contributed by atoms with Crippen LogP contribution in [0, 0.1) is 0 Å². The molecule has 0 heterocycles. The molecule has 2 aromatic rings. The van der Waals surface area contributed by atoms with Crippen LogP contribution in [0.15, 0.2) is 35.2 Å². The molecule has 0 saturated carbocycles. The molecule has 17 heavy (non-hydrogen) atoms. The van der Waals surface area contributed by atoms with E-state index in [2.05, 4.69) is 0 Å². The summed E-state index contributed by atoms with van der Waals surface area (Å²) in [6.45, 7) is 0. The van der Waals surface area contributed by atoms with Gasteiger partial charge in [0.25, 0.3) is 10.1 Å². The van der Waals surface area contributed by atoms with E-state index in [0.717, 1.165) is 6.07 Å². The zero-order valence-corrected chi connectivity index (χ0v) is 8.77.